The van der Waals surface area contributed by atoms with Crippen LogP contribution in [0.4, 0.5) is 0 Å². The van der Waals surface area contributed by atoms with Crippen molar-refractivity contribution in [3.63, 3.8) is 0 Å². The molecule has 50 valence electrons. The van der Waals surface area contributed by atoms with Crippen LogP contribution in [0.15, 0.2) is 0 Å². The van der Waals surface area contributed by atoms with Gasteiger partial charge in [-0.2, -0.15) is 5.06 Å². The molecule has 4 nitrogen and oxygen atoms in total. The largest absolute Gasteiger partial charge is 0.347 e. The highest BCUT2D eigenvalue weighted by Gasteiger charge is 2.03. The van der Waals surface area contributed by atoms with E-state index in [0.717, 1.165) is 0 Å². The zero-order valence-corrected chi connectivity index (χ0v) is 6.05. The molecule has 0 aromatic rings. The summed E-state index contributed by atoms with van der Waals surface area (Å²) in [6.45, 7) is 0. The summed E-state index contributed by atoms with van der Waals surface area (Å²) >= 11 is 0. The van der Waals surface area contributed by atoms with E-state index < -0.39 is 8.60 Å². The van der Waals surface area contributed by atoms with Crippen LogP contribution in [0.3, 0.4) is 0 Å². The monoisotopic (exact) mass is 139 g/mol. The molecule has 0 radical (unpaired) electrons. The molecule has 0 fully saturated rings. The third kappa shape index (κ3) is 4.43. The van der Waals surface area contributed by atoms with Crippen LogP contribution in [0.5, 0.6) is 0 Å². The van der Waals surface area contributed by atoms with E-state index in [1.807, 2.05) is 0 Å². The minimum atomic E-state index is -1.69. The standard InChI is InChI=1S/C3H10NO3P/c1-4(2)7-8(5)6-3/h5H,1-3H3. The second-order valence-corrected chi connectivity index (χ2v) is 2.32. The van der Waals surface area contributed by atoms with Gasteiger partial charge in [-0.3, -0.25) is 0 Å². The fraction of sp³-hybridized carbons (Fsp3) is 1.00. The first-order chi connectivity index (χ1) is 3.66. The Bertz CT molecular complexity index is 60.5. The van der Waals surface area contributed by atoms with E-state index in [4.69, 9.17) is 4.89 Å². The Kier molecular flexibility index (Phi) is 4.32. The lowest BCUT2D eigenvalue weighted by Crippen LogP contribution is -2.08. The summed E-state index contributed by atoms with van der Waals surface area (Å²) in [4.78, 5) is 8.61. The smallest absolute Gasteiger partial charge is 0.327 e. The van der Waals surface area contributed by atoms with Crippen LogP contribution >= 0.6 is 8.60 Å². The minimum Gasteiger partial charge on any atom is -0.327 e. The van der Waals surface area contributed by atoms with Crippen molar-refractivity contribution in [2.75, 3.05) is 21.2 Å². The van der Waals surface area contributed by atoms with E-state index in [0.29, 0.717) is 0 Å². The zero-order valence-electron chi connectivity index (χ0n) is 5.16. The third-order valence-electron chi connectivity index (χ3n) is 0.389. The molecule has 1 atom stereocenters. The van der Waals surface area contributed by atoms with Crippen LogP contribution in [-0.2, 0) is 9.15 Å². The molecular formula is C3H10NO3P. The summed E-state index contributed by atoms with van der Waals surface area (Å²) < 4.78 is 9.05. The predicted molar refractivity (Wildman–Crippen MR) is 30.9 cm³/mol. The Hall–Kier alpha value is 0.270. The van der Waals surface area contributed by atoms with E-state index in [2.05, 4.69) is 9.15 Å². The zero-order chi connectivity index (χ0) is 6.57. The normalized spacial score (nSPS) is 14.6. The topological polar surface area (TPSA) is 41.9 Å². The van der Waals surface area contributed by atoms with Crippen LogP contribution in [0.2, 0.25) is 0 Å². The van der Waals surface area contributed by atoms with Gasteiger partial charge in [0.15, 0.2) is 0 Å². The Morgan fingerprint density at radius 1 is 1.50 bits per heavy atom. The molecule has 0 spiro atoms. The molecular weight excluding hydrogens is 129 g/mol. The van der Waals surface area contributed by atoms with E-state index in [1.165, 1.54) is 12.2 Å². The molecule has 0 amide bonds. The first-order valence-electron chi connectivity index (χ1n) is 2.05. The molecule has 8 heavy (non-hydrogen) atoms. The fourth-order valence-electron chi connectivity index (χ4n) is 0.173. The summed E-state index contributed by atoms with van der Waals surface area (Å²) in [7, 11) is 3.03. The van der Waals surface area contributed by atoms with Gasteiger partial charge in [0.25, 0.3) is 0 Å². The fourth-order valence-corrected chi connectivity index (χ4v) is 0.519. The maximum Gasteiger partial charge on any atom is 0.347 e. The maximum atomic E-state index is 8.61. The van der Waals surface area contributed by atoms with Gasteiger partial charge in [-0.15, -0.1) is 0 Å². The Balaban J connectivity index is 3.10. The highest BCUT2D eigenvalue weighted by molar-refractivity contribution is 7.40. The highest BCUT2D eigenvalue weighted by Crippen LogP contribution is 2.31. The van der Waals surface area contributed by atoms with Crippen LogP contribution in [0.25, 0.3) is 0 Å². The lowest BCUT2D eigenvalue weighted by molar-refractivity contribution is -0.0192. The molecule has 0 aromatic heterocycles. The van der Waals surface area contributed by atoms with Gasteiger partial charge in [0.05, 0.1) is 0 Å². The number of rotatable bonds is 3. The number of hydrogen-bond acceptors (Lipinski definition) is 4. The Morgan fingerprint density at radius 3 is 2.12 bits per heavy atom. The van der Waals surface area contributed by atoms with Gasteiger partial charge in [-0.25, -0.2) is 4.62 Å². The van der Waals surface area contributed by atoms with Crippen molar-refractivity contribution < 1.29 is 14.0 Å². The van der Waals surface area contributed by atoms with E-state index in [9.17, 15) is 0 Å². The number of hydrogen-bond donors (Lipinski definition) is 1. The molecule has 0 aliphatic carbocycles. The maximum absolute atomic E-state index is 8.61. The molecule has 1 N–H and O–H groups in total. The van der Waals surface area contributed by atoms with Crippen LogP contribution in [0, 0.1) is 0 Å². The molecule has 0 bridgehead atoms. The number of nitrogens with zero attached hydrogens (tertiary/aromatic N) is 1. The van der Waals surface area contributed by atoms with Gasteiger partial charge >= 0.3 is 8.60 Å². The minimum absolute atomic E-state index is 1.38. The van der Waals surface area contributed by atoms with Gasteiger partial charge in [0, 0.05) is 21.2 Å². The molecule has 0 aliphatic rings. The van der Waals surface area contributed by atoms with Gasteiger partial charge in [-0.05, 0) is 0 Å². The summed E-state index contributed by atoms with van der Waals surface area (Å²) in [6.07, 6.45) is 0. The summed E-state index contributed by atoms with van der Waals surface area (Å²) in [5, 5.41) is 1.38. The highest BCUT2D eigenvalue weighted by atomic mass is 31.2. The van der Waals surface area contributed by atoms with Crippen molar-refractivity contribution in [2.45, 2.75) is 0 Å². The lowest BCUT2D eigenvalue weighted by Gasteiger charge is -2.11. The van der Waals surface area contributed by atoms with Crippen LogP contribution in [-0.4, -0.2) is 31.2 Å². The molecule has 0 saturated carbocycles. The van der Waals surface area contributed by atoms with Gasteiger partial charge in [-0.1, -0.05) is 0 Å². The van der Waals surface area contributed by atoms with Crippen molar-refractivity contribution in [1.29, 1.82) is 0 Å². The van der Waals surface area contributed by atoms with E-state index >= 15 is 0 Å². The van der Waals surface area contributed by atoms with Crippen molar-refractivity contribution in [1.82, 2.24) is 5.06 Å². The average molecular weight is 139 g/mol. The molecule has 0 saturated heterocycles. The van der Waals surface area contributed by atoms with Gasteiger partial charge in [0.2, 0.25) is 0 Å². The first-order valence-corrected chi connectivity index (χ1v) is 3.18. The molecule has 0 aromatic carbocycles. The van der Waals surface area contributed by atoms with Crippen LogP contribution in [0.1, 0.15) is 0 Å². The Labute approximate surface area is 50.0 Å². The molecule has 1 unspecified atom stereocenters. The Morgan fingerprint density at radius 2 is 2.00 bits per heavy atom. The second kappa shape index (κ2) is 4.18. The van der Waals surface area contributed by atoms with Gasteiger partial charge < -0.3 is 9.42 Å². The summed E-state index contributed by atoms with van der Waals surface area (Å²) in [6, 6.07) is 0. The second-order valence-electron chi connectivity index (χ2n) is 1.31. The average Bonchev–Trinajstić information content (AvgIpc) is 1.65. The van der Waals surface area contributed by atoms with Crippen molar-refractivity contribution in [2.24, 2.45) is 0 Å². The molecule has 0 heterocycles. The van der Waals surface area contributed by atoms with E-state index in [1.54, 1.807) is 14.1 Å². The van der Waals surface area contributed by atoms with Crippen molar-refractivity contribution in [3.8, 4) is 0 Å². The van der Waals surface area contributed by atoms with E-state index in [-0.39, 0.29) is 0 Å². The predicted octanol–water partition coefficient (Wildman–Crippen LogP) is 0.345. The van der Waals surface area contributed by atoms with Crippen LogP contribution < -0.4 is 0 Å². The molecule has 0 rings (SSSR count). The first kappa shape index (κ1) is 8.27. The van der Waals surface area contributed by atoms with Crippen molar-refractivity contribution >= 4 is 8.60 Å². The number of hydroxylamine groups is 2. The third-order valence-corrected chi connectivity index (χ3v) is 1.17. The van der Waals surface area contributed by atoms with Crippen molar-refractivity contribution in [3.05, 3.63) is 0 Å². The summed E-state index contributed by atoms with van der Waals surface area (Å²) in [5.74, 6) is 0. The quantitative estimate of drug-likeness (QED) is 0.452. The molecule has 5 heteroatoms. The van der Waals surface area contributed by atoms with Gasteiger partial charge in [0.1, 0.15) is 0 Å². The lowest BCUT2D eigenvalue weighted by atomic mass is 11.2. The molecule has 0 aliphatic heterocycles. The summed E-state index contributed by atoms with van der Waals surface area (Å²) in [5.41, 5.74) is 0. The SMILES string of the molecule is COP(O)ON(C)C.